The molecule has 4 rings (SSSR count). The van der Waals surface area contributed by atoms with Crippen LogP contribution < -0.4 is 0 Å². The van der Waals surface area contributed by atoms with Gasteiger partial charge in [-0.25, -0.2) is 0 Å². The predicted octanol–water partition coefficient (Wildman–Crippen LogP) is 8.19. The number of allylic oxidation sites excluding steroid dienone is 4. The van der Waals surface area contributed by atoms with E-state index < -0.39 is 0 Å². The van der Waals surface area contributed by atoms with E-state index in [1.165, 1.54) is 57.8 Å². The van der Waals surface area contributed by atoms with Gasteiger partial charge in [-0.3, -0.25) is 0 Å². The first-order valence-corrected chi connectivity index (χ1v) is 12.1. The Labute approximate surface area is 169 Å². The van der Waals surface area contributed by atoms with E-state index in [4.69, 9.17) is 0 Å². The third-order valence-corrected chi connectivity index (χ3v) is 8.71. The van der Waals surface area contributed by atoms with Crippen molar-refractivity contribution >= 4 is 0 Å². The third kappa shape index (κ3) is 3.72. The van der Waals surface area contributed by atoms with Crippen molar-refractivity contribution in [3.63, 3.8) is 0 Å². The molecule has 152 valence electrons. The molecule has 2 saturated carbocycles. The summed E-state index contributed by atoms with van der Waals surface area (Å²) in [5.74, 6) is 5.30. The average Bonchev–Trinajstić information content (AvgIpc) is 3.15. The second-order valence-electron chi connectivity index (χ2n) is 12.6. The largest absolute Gasteiger partial charge is 0.0808 e. The minimum absolute atomic E-state index is 0.424. The van der Waals surface area contributed by atoms with Gasteiger partial charge in [0.25, 0.3) is 0 Å². The summed E-state index contributed by atoms with van der Waals surface area (Å²) in [6.07, 6.45) is 18.6. The van der Waals surface area contributed by atoms with Gasteiger partial charge >= 0.3 is 0 Å². The molecule has 0 amide bonds. The smallest absolute Gasteiger partial charge is 0.0102 e. The first kappa shape index (κ1) is 19.8. The fourth-order valence-corrected chi connectivity index (χ4v) is 7.46. The van der Waals surface area contributed by atoms with Crippen molar-refractivity contribution in [3.05, 3.63) is 23.3 Å². The summed E-state index contributed by atoms with van der Waals surface area (Å²) in [6.45, 7) is 14.9. The zero-order valence-corrected chi connectivity index (χ0v) is 19.0. The normalized spacial score (nSPS) is 39.6. The van der Waals surface area contributed by atoms with Gasteiger partial charge in [0.05, 0.1) is 0 Å². The minimum atomic E-state index is 0.424. The molecule has 0 radical (unpaired) electrons. The molecule has 0 spiro atoms. The van der Waals surface area contributed by atoms with Crippen molar-refractivity contribution < 1.29 is 0 Å². The molecule has 0 N–H and O–H groups in total. The quantitative estimate of drug-likeness (QED) is 0.431. The Bertz CT molecular complexity index is 551. The molecule has 0 saturated heterocycles. The minimum Gasteiger partial charge on any atom is -0.0808 e. The Morgan fingerprint density at radius 2 is 1.00 bits per heavy atom. The molecule has 27 heavy (non-hydrogen) atoms. The van der Waals surface area contributed by atoms with Crippen molar-refractivity contribution in [2.75, 3.05) is 0 Å². The maximum atomic E-state index is 2.78. The zero-order valence-electron chi connectivity index (χ0n) is 19.0. The van der Waals surface area contributed by atoms with Crippen molar-refractivity contribution in [2.24, 2.45) is 46.3 Å². The molecule has 4 aliphatic carbocycles. The molecule has 0 heteroatoms. The van der Waals surface area contributed by atoms with Crippen molar-refractivity contribution in [1.82, 2.24) is 0 Å². The highest BCUT2D eigenvalue weighted by molar-refractivity contribution is 5.31. The van der Waals surface area contributed by atoms with Crippen LogP contribution in [-0.2, 0) is 0 Å². The molecule has 6 atom stereocenters. The lowest BCUT2D eigenvalue weighted by molar-refractivity contribution is 0.146. The molecule has 0 nitrogen and oxygen atoms in total. The second kappa shape index (κ2) is 7.07. The van der Waals surface area contributed by atoms with Crippen LogP contribution in [0.1, 0.15) is 99.3 Å². The summed E-state index contributed by atoms with van der Waals surface area (Å²) in [4.78, 5) is 0. The van der Waals surface area contributed by atoms with Crippen LogP contribution in [0.5, 0.6) is 0 Å². The van der Waals surface area contributed by atoms with E-state index in [1.807, 2.05) is 11.1 Å². The summed E-state index contributed by atoms with van der Waals surface area (Å²) in [5.41, 5.74) is 4.55. The van der Waals surface area contributed by atoms with Crippen LogP contribution in [0.4, 0.5) is 0 Å². The van der Waals surface area contributed by atoms with Crippen LogP contribution in [-0.4, -0.2) is 0 Å². The monoisotopic (exact) mass is 368 g/mol. The second-order valence-corrected chi connectivity index (χ2v) is 12.6. The third-order valence-electron chi connectivity index (χ3n) is 8.71. The Morgan fingerprint density at radius 3 is 1.37 bits per heavy atom. The summed E-state index contributed by atoms with van der Waals surface area (Å²) < 4.78 is 0. The first-order valence-electron chi connectivity index (χ1n) is 12.1. The van der Waals surface area contributed by atoms with E-state index in [1.54, 1.807) is 0 Å². The molecule has 0 aromatic heterocycles. The summed E-state index contributed by atoms with van der Waals surface area (Å²) in [7, 11) is 0. The van der Waals surface area contributed by atoms with Crippen LogP contribution in [0.25, 0.3) is 0 Å². The molecular formula is C27H44. The fraction of sp³-hybridized carbons (Fsp3) is 0.852. The maximum Gasteiger partial charge on any atom is -0.0102 e. The highest BCUT2D eigenvalue weighted by Crippen LogP contribution is 2.56. The van der Waals surface area contributed by atoms with E-state index in [0.717, 1.165) is 35.5 Å². The van der Waals surface area contributed by atoms with E-state index in [2.05, 4.69) is 53.7 Å². The van der Waals surface area contributed by atoms with Crippen molar-refractivity contribution in [2.45, 2.75) is 99.3 Å². The molecule has 0 heterocycles. The Kier molecular flexibility index (Phi) is 5.18. The number of hydrogen-bond donors (Lipinski definition) is 0. The zero-order chi connectivity index (χ0) is 19.4. The summed E-state index contributed by atoms with van der Waals surface area (Å²) in [6, 6.07) is 0. The standard InChI is InChI=1S/C27H44/c1-26(2,3)24-16-18(20-11-7-9-13-22(20)24)15-19-17-25(27(4,5)6)23-14-10-8-12-21(19)23/h16-17,20-25H,7-15H2,1-6H3. The average molecular weight is 369 g/mol. The van der Waals surface area contributed by atoms with Crippen LogP contribution >= 0.6 is 0 Å². The van der Waals surface area contributed by atoms with Gasteiger partial charge in [-0.05, 0) is 78.4 Å². The van der Waals surface area contributed by atoms with Crippen LogP contribution in [0.15, 0.2) is 23.3 Å². The van der Waals surface area contributed by atoms with Crippen molar-refractivity contribution in [3.8, 4) is 0 Å². The number of rotatable bonds is 2. The van der Waals surface area contributed by atoms with Crippen LogP contribution in [0.2, 0.25) is 0 Å². The highest BCUT2D eigenvalue weighted by atomic mass is 14.5. The SMILES string of the molecule is CC(C)(C)C1C=C(CC2=CC(C(C)(C)C)C3CCCCC23)C2CCCCC21. The highest BCUT2D eigenvalue weighted by Gasteiger charge is 2.46. The van der Waals surface area contributed by atoms with Gasteiger partial charge < -0.3 is 0 Å². The topological polar surface area (TPSA) is 0 Å². The Morgan fingerprint density at radius 1 is 0.630 bits per heavy atom. The van der Waals surface area contributed by atoms with Crippen molar-refractivity contribution in [1.29, 1.82) is 0 Å². The summed E-state index contributed by atoms with van der Waals surface area (Å²) in [5, 5.41) is 0. The maximum absolute atomic E-state index is 2.78. The van der Waals surface area contributed by atoms with Gasteiger partial charge in [-0.15, -0.1) is 0 Å². The van der Waals surface area contributed by atoms with Crippen LogP contribution in [0, 0.1) is 46.3 Å². The molecule has 0 aromatic carbocycles. The molecule has 6 unspecified atom stereocenters. The van der Waals surface area contributed by atoms with E-state index in [0.29, 0.717) is 10.8 Å². The molecule has 0 aromatic rings. The fourth-order valence-electron chi connectivity index (χ4n) is 7.46. The van der Waals surface area contributed by atoms with Gasteiger partial charge in [0.1, 0.15) is 0 Å². The number of fused-ring (bicyclic) bond motifs is 2. The first-order chi connectivity index (χ1) is 12.7. The lowest BCUT2D eigenvalue weighted by Crippen LogP contribution is -2.30. The van der Waals surface area contributed by atoms with E-state index in [9.17, 15) is 0 Å². The van der Waals surface area contributed by atoms with E-state index in [-0.39, 0.29) is 0 Å². The van der Waals surface area contributed by atoms with Gasteiger partial charge in [-0.1, -0.05) is 90.5 Å². The lowest BCUT2D eigenvalue weighted by Gasteiger charge is -2.38. The van der Waals surface area contributed by atoms with Gasteiger partial charge in [0, 0.05) is 0 Å². The lowest BCUT2D eigenvalue weighted by atomic mass is 9.67. The molecule has 4 aliphatic rings. The van der Waals surface area contributed by atoms with Gasteiger partial charge in [-0.2, -0.15) is 0 Å². The molecule has 2 fully saturated rings. The summed E-state index contributed by atoms with van der Waals surface area (Å²) >= 11 is 0. The number of hydrogen-bond acceptors (Lipinski definition) is 0. The predicted molar refractivity (Wildman–Crippen MR) is 118 cm³/mol. The molecular weight excluding hydrogens is 324 g/mol. The Balaban J connectivity index is 1.60. The molecule has 0 bridgehead atoms. The molecule has 0 aliphatic heterocycles. The Hall–Kier alpha value is -0.520. The van der Waals surface area contributed by atoms with Crippen LogP contribution in [0.3, 0.4) is 0 Å². The van der Waals surface area contributed by atoms with Gasteiger partial charge in [0.2, 0.25) is 0 Å². The van der Waals surface area contributed by atoms with E-state index >= 15 is 0 Å². The van der Waals surface area contributed by atoms with Gasteiger partial charge in [0.15, 0.2) is 0 Å².